The number of aliphatic hydroxyl groups is 1. The minimum atomic E-state index is -1.91. The van der Waals surface area contributed by atoms with Crippen molar-refractivity contribution in [3.05, 3.63) is 29.3 Å². The van der Waals surface area contributed by atoms with Crippen LogP contribution in [0, 0.1) is 11.6 Å². The predicted octanol–water partition coefficient (Wildman–Crippen LogP) is 0.877. The topological polar surface area (TPSA) is 66.8 Å². The highest BCUT2D eigenvalue weighted by atomic mass is 19.2. The summed E-state index contributed by atoms with van der Waals surface area (Å²) in [6.07, 6.45) is -1.91. The van der Waals surface area contributed by atoms with Crippen LogP contribution < -0.4 is 0 Å². The molecule has 0 amide bonds. The fourth-order valence-corrected chi connectivity index (χ4v) is 1.00. The van der Waals surface area contributed by atoms with Crippen molar-refractivity contribution in [2.75, 3.05) is 7.11 Å². The third kappa shape index (κ3) is 2.04. The standard InChI is InChI=1S/C9H8F2O4/c1-15-9(14)8(13)4-2-3-5(12)7(11)6(4)10/h2-3,8,12-13H,1H3. The summed E-state index contributed by atoms with van der Waals surface area (Å²) in [5.41, 5.74) is -0.586. The van der Waals surface area contributed by atoms with E-state index in [0.29, 0.717) is 0 Å². The molecule has 1 rings (SSSR count). The molecule has 0 saturated heterocycles. The molecule has 1 unspecified atom stereocenters. The smallest absolute Gasteiger partial charge is 0.339 e. The van der Waals surface area contributed by atoms with Crippen LogP contribution >= 0.6 is 0 Å². The number of carbonyl (C=O) groups is 1. The van der Waals surface area contributed by atoms with Crippen molar-refractivity contribution in [2.45, 2.75) is 6.10 Å². The lowest BCUT2D eigenvalue weighted by Crippen LogP contribution is -2.15. The van der Waals surface area contributed by atoms with E-state index in [-0.39, 0.29) is 0 Å². The van der Waals surface area contributed by atoms with Crippen LogP contribution in [0.5, 0.6) is 5.75 Å². The van der Waals surface area contributed by atoms with Gasteiger partial charge in [-0.25, -0.2) is 9.18 Å². The minimum Gasteiger partial charge on any atom is -0.505 e. The Bertz CT molecular complexity index is 392. The van der Waals surface area contributed by atoms with Crippen LogP contribution in [0.3, 0.4) is 0 Å². The second kappa shape index (κ2) is 4.22. The van der Waals surface area contributed by atoms with Crippen LogP contribution in [0.1, 0.15) is 11.7 Å². The second-order valence-corrected chi connectivity index (χ2v) is 2.73. The van der Waals surface area contributed by atoms with Gasteiger partial charge in [-0.05, 0) is 12.1 Å². The molecule has 1 aromatic rings. The number of ether oxygens (including phenoxy) is 1. The Kier molecular flexibility index (Phi) is 3.21. The largest absolute Gasteiger partial charge is 0.505 e. The Morgan fingerprint density at radius 2 is 2.00 bits per heavy atom. The van der Waals surface area contributed by atoms with E-state index in [2.05, 4.69) is 4.74 Å². The van der Waals surface area contributed by atoms with E-state index in [0.717, 1.165) is 19.2 Å². The van der Waals surface area contributed by atoms with Crippen LogP contribution in [0.2, 0.25) is 0 Å². The molecule has 1 aromatic carbocycles. The van der Waals surface area contributed by atoms with Gasteiger partial charge in [0.05, 0.1) is 7.11 Å². The molecule has 4 nitrogen and oxygen atoms in total. The summed E-state index contributed by atoms with van der Waals surface area (Å²) >= 11 is 0. The molecular weight excluding hydrogens is 210 g/mol. The van der Waals surface area contributed by atoms with Crippen molar-refractivity contribution in [1.82, 2.24) is 0 Å². The maximum atomic E-state index is 13.1. The third-order valence-corrected chi connectivity index (χ3v) is 1.81. The highest BCUT2D eigenvalue weighted by Crippen LogP contribution is 2.25. The number of aromatic hydroxyl groups is 1. The molecule has 15 heavy (non-hydrogen) atoms. The predicted molar refractivity (Wildman–Crippen MR) is 45.0 cm³/mol. The fraction of sp³-hybridized carbons (Fsp3) is 0.222. The van der Waals surface area contributed by atoms with Crippen molar-refractivity contribution >= 4 is 5.97 Å². The van der Waals surface area contributed by atoms with E-state index in [1.54, 1.807) is 0 Å². The molecule has 0 aromatic heterocycles. The zero-order valence-electron chi connectivity index (χ0n) is 7.70. The zero-order chi connectivity index (χ0) is 11.6. The minimum absolute atomic E-state index is 0.586. The number of hydrogen-bond acceptors (Lipinski definition) is 4. The Hall–Kier alpha value is -1.69. The number of hydrogen-bond donors (Lipinski definition) is 2. The number of phenols is 1. The van der Waals surface area contributed by atoms with E-state index in [9.17, 15) is 18.7 Å². The van der Waals surface area contributed by atoms with E-state index < -0.39 is 35.0 Å². The van der Waals surface area contributed by atoms with Gasteiger partial charge >= 0.3 is 5.97 Å². The lowest BCUT2D eigenvalue weighted by atomic mass is 10.1. The molecule has 2 N–H and O–H groups in total. The first-order chi connectivity index (χ1) is 6.99. The Morgan fingerprint density at radius 1 is 1.40 bits per heavy atom. The summed E-state index contributed by atoms with van der Waals surface area (Å²) in [4.78, 5) is 10.8. The monoisotopic (exact) mass is 218 g/mol. The molecule has 0 spiro atoms. The molecule has 0 saturated carbocycles. The lowest BCUT2D eigenvalue weighted by Gasteiger charge is -2.10. The number of rotatable bonds is 2. The van der Waals surface area contributed by atoms with Gasteiger partial charge in [0.25, 0.3) is 0 Å². The summed E-state index contributed by atoms with van der Waals surface area (Å²) in [6.45, 7) is 0. The van der Waals surface area contributed by atoms with Crippen LogP contribution in [0.15, 0.2) is 12.1 Å². The molecule has 0 fully saturated rings. The Balaban J connectivity index is 3.16. The summed E-state index contributed by atoms with van der Waals surface area (Å²) in [7, 11) is 1.00. The first kappa shape index (κ1) is 11.4. The molecule has 1 atom stereocenters. The number of methoxy groups -OCH3 is 1. The highest BCUT2D eigenvalue weighted by Gasteiger charge is 2.24. The average Bonchev–Trinajstić information content (AvgIpc) is 2.24. The van der Waals surface area contributed by atoms with Crippen LogP contribution in [0.25, 0.3) is 0 Å². The van der Waals surface area contributed by atoms with Gasteiger partial charge in [0.1, 0.15) is 0 Å². The van der Waals surface area contributed by atoms with Gasteiger partial charge in [-0.1, -0.05) is 0 Å². The normalized spacial score (nSPS) is 12.3. The number of aliphatic hydroxyl groups excluding tert-OH is 1. The summed E-state index contributed by atoms with van der Waals surface area (Å²) in [5.74, 6) is -5.00. The summed E-state index contributed by atoms with van der Waals surface area (Å²) < 4.78 is 30.1. The van der Waals surface area contributed by atoms with Crippen LogP contribution in [-0.4, -0.2) is 23.3 Å². The SMILES string of the molecule is COC(=O)C(O)c1ccc(O)c(F)c1F. The van der Waals surface area contributed by atoms with Crippen molar-refractivity contribution < 1.29 is 28.5 Å². The van der Waals surface area contributed by atoms with Gasteiger partial charge < -0.3 is 14.9 Å². The van der Waals surface area contributed by atoms with Crippen molar-refractivity contribution in [3.8, 4) is 5.75 Å². The summed E-state index contributed by atoms with van der Waals surface area (Å²) in [5, 5.41) is 18.0. The van der Waals surface area contributed by atoms with Gasteiger partial charge in [-0.2, -0.15) is 4.39 Å². The lowest BCUT2D eigenvalue weighted by molar-refractivity contribution is -0.150. The van der Waals surface area contributed by atoms with Crippen molar-refractivity contribution in [1.29, 1.82) is 0 Å². The second-order valence-electron chi connectivity index (χ2n) is 2.73. The first-order valence-corrected chi connectivity index (χ1v) is 3.91. The average molecular weight is 218 g/mol. The zero-order valence-corrected chi connectivity index (χ0v) is 7.70. The molecule has 0 aliphatic carbocycles. The van der Waals surface area contributed by atoms with E-state index >= 15 is 0 Å². The van der Waals surface area contributed by atoms with Gasteiger partial charge in [0, 0.05) is 5.56 Å². The fourth-order valence-electron chi connectivity index (χ4n) is 1.00. The van der Waals surface area contributed by atoms with Gasteiger partial charge in [0.2, 0.25) is 5.82 Å². The van der Waals surface area contributed by atoms with Crippen molar-refractivity contribution in [2.24, 2.45) is 0 Å². The van der Waals surface area contributed by atoms with Crippen LogP contribution in [-0.2, 0) is 9.53 Å². The van der Waals surface area contributed by atoms with Crippen molar-refractivity contribution in [3.63, 3.8) is 0 Å². The molecule has 0 radical (unpaired) electrons. The first-order valence-electron chi connectivity index (χ1n) is 3.91. The maximum Gasteiger partial charge on any atom is 0.339 e. The molecule has 0 aliphatic rings. The molecule has 6 heteroatoms. The highest BCUT2D eigenvalue weighted by molar-refractivity contribution is 5.76. The molecule has 0 aliphatic heterocycles. The molecule has 0 bridgehead atoms. The van der Waals surface area contributed by atoms with Gasteiger partial charge in [-0.3, -0.25) is 0 Å². The van der Waals surface area contributed by atoms with E-state index in [1.165, 1.54) is 0 Å². The number of carbonyl (C=O) groups excluding carboxylic acids is 1. The van der Waals surface area contributed by atoms with Gasteiger partial charge in [0.15, 0.2) is 17.7 Å². The maximum absolute atomic E-state index is 13.1. The number of benzene rings is 1. The number of halogens is 2. The molecule has 0 heterocycles. The third-order valence-electron chi connectivity index (χ3n) is 1.81. The molecular formula is C9H8F2O4. The number of phenolic OH excluding ortho intramolecular Hbond substituents is 1. The van der Waals surface area contributed by atoms with Crippen LogP contribution in [0.4, 0.5) is 8.78 Å². The summed E-state index contributed by atoms with van der Waals surface area (Å²) in [6, 6.07) is 1.73. The number of esters is 1. The van der Waals surface area contributed by atoms with E-state index in [1.807, 2.05) is 0 Å². The molecule has 82 valence electrons. The van der Waals surface area contributed by atoms with E-state index in [4.69, 9.17) is 5.11 Å². The quantitative estimate of drug-likeness (QED) is 0.723. The Labute approximate surface area is 83.7 Å². The van der Waals surface area contributed by atoms with Gasteiger partial charge in [-0.15, -0.1) is 0 Å². The Morgan fingerprint density at radius 3 is 2.53 bits per heavy atom.